The lowest BCUT2D eigenvalue weighted by atomic mass is 10.2. The van der Waals surface area contributed by atoms with Gasteiger partial charge in [-0.1, -0.05) is 60.1 Å². The van der Waals surface area contributed by atoms with E-state index in [9.17, 15) is 26.4 Å². The summed E-state index contributed by atoms with van der Waals surface area (Å²) in [5.41, 5.74) is 2.05. The van der Waals surface area contributed by atoms with Crippen LogP contribution in [0.25, 0.3) is 0 Å². The fourth-order valence-electron chi connectivity index (χ4n) is 3.88. The van der Waals surface area contributed by atoms with Crippen LogP contribution in [0.5, 0.6) is 11.5 Å². The van der Waals surface area contributed by atoms with Crippen molar-refractivity contribution in [3.05, 3.63) is 119 Å². The smallest absolute Gasteiger partial charge is 0.417 e. The molecule has 0 saturated heterocycles. The van der Waals surface area contributed by atoms with Crippen LogP contribution in [-0.4, -0.2) is 34.2 Å². The zero-order valence-electron chi connectivity index (χ0n) is 22.6. The molecule has 4 aromatic carbocycles. The number of alkyl halides is 3. The number of ether oxygens (including phenoxy) is 2. The Morgan fingerprint density at radius 1 is 0.953 bits per heavy atom. The van der Waals surface area contributed by atoms with Crippen LogP contribution in [0.2, 0.25) is 5.02 Å². The number of methoxy groups -OCH3 is 1. The minimum absolute atomic E-state index is 0.225. The summed E-state index contributed by atoms with van der Waals surface area (Å²) in [6.45, 7) is -0.551. The van der Waals surface area contributed by atoms with Gasteiger partial charge >= 0.3 is 6.18 Å². The number of amides is 1. The maximum absolute atomic E-state index is 13.5. The van der Waals surface area contributed by atoms with E-state index in [0.717, 1.165) is 17.7 Å². The molecule has 0 saturated carbocycles. The summed E-state index contributed by atoms with van der Waals surface area (Å²) < 4.78 is 79.2. The standard InChI is InChI=1S/C30H25ClF3N3O5S/c1-41-28-16-22(12-15-27(28)42-20-21-8-4-2-5-9-21)18-35-36-29(38)19-37(43(39,40)24-10-6-3-7-11-24)23-13-14-26(31)25(17-23)30(32,33)34/h2-18H,19-20H2,1H3,(H,36,38)/b35-18-. The third-order valence-corrected chi connectivity index (χ3v) is 8.11. The van der Waals surface area contributed by atoms with Crippen molar-refractivity contribution in [1.82, 2.24) is 5.43 Å². The summed E-state index contributed by atoms with van der Waals surface area (Å²) in [6.07, 6.45) is -3.56. The second-order valence-corrected chi connectivity index (χ2v) is 11.2. The highest BCUT2D eigenvalue weighted by Crippen LogP contribution is 2.38. The number of rotatable bonds is 11. The molecule has 1 N–H and O–H groups in total. The SMILES string of the molecule is COc1cc(/C=N\NC(=O)CN(c2ccc(Cl)c(C(F)(F)F)c2)S(=O)(=O)c2ccccc2)ccc1OCc1ccccc1. The summed E-state index contributed by atoms with van der Waals surface area (Å²) in [5, 5.41) is 3.25. The Morgan fingerprint density at radius 2 is 1.63 bits per heavy atom. The van der Waals surface area contributed by atoms with Gasteiger partial charge in [-0.25, -0.2) is 13.8 Å². The van der Waals surface area contributed by atoms with E-state index in [1.807, 2.05) is 30.3 Å². The summed E-state index contributed by atoms with van der Waals surface area (Å²) >= 11 is 5.72. The third kappa shape index (κ3) is 8.05. The van der Waals surface area contributed by atoms with E-state index in [1.54, 1.807) is 24.3 Å². The van der Waals surface area contributed by atoms with Gasteiger partial charge in [0.05, 0.1) is 34.5 Å². The molecule has 0 fully saturated rings. The highest BCUT2D eigenvalue weighted by Gasteiger charge is 2.35. The average molecular weight is 632 g/mol. The van der Waals surface area contributed by atoms with Gasteiger partial charge in [-0.2, -0.15) is 18.3 Å². The van der Waals surface area contributed by atoms with Crippen LogP contribution >= 0.6 is 11.6 Å². The Hall–Kier alpha value is -4.55. The number of benzene rings is 4. The molecule has 0 aromatic heterocycles. The summed E-state index contributed by atoms with van der Waals surface area (Å²) in [4.78, 5) is 12.6. The predicted octanol–water partition coefficient (Wildman–Crippen LogP) is 6.29. The first kappa shape index (κ1) is 31.4. The first-order valence-corrected chi connectivity index (χ1v) is 14.4. The van der Waals surface area contributed by atoms with Crippen LogP contribution in [-0.2, 0) is 27.6 Å². The molecule has 0 spiro atoms. The monoisotopic (exact) mass is 631 g/mol. The van der Waals surface area contributed by atoms with Gasteiger partial charge in [0, 0.05) is 0 Å². The van der Waals surface area contributed by atoms with Crippen LogP contribution in [0, 0.1) is 0 Å². The highest BCUT2D eigenvalue weighted by molar-refractivity contribution is 7.92. The topological polar surface area (TPSA) is 97.3 Å². The predicted molar refractivity (Wildman–Crippen MR) is 157 cm³/mol. The van der Waals surface area contributed by atoms with Crippen molar-refractivity contribution in [2.75, 3.05) is 18.0 Å². The second-order valence-electron chi connectivity index (χ2n) is 8.96. The number of nitrogens with one attached hydrogen (secondary N) is 1. The van der Waals surface area contributed by atoms with E-state index >= 15 is 0 Å². The number of hydrazone groups is 1. The Morgan fingerprint density at radius 3 is 2.28 bits per heavy atom. The van der Waals surface area contributed by atoms with Gasteiger partial charge in [-0.05, 0) is 59.7 Å². The molecule has 8 nitrogen and oxygen atoms in total. The molecular formula is C30H25ClF3N3O5S. The van der Waals surface area contributed by atoms with Gasteiger partial charge in [0.2, 0.25) is 0 Å². The van der Waals surface area contributed by atoms with E-state index in [-0.39, 0.29) is 4.90 Å². The van der Waals surface area contributed by atoms with Gasteiger partial charge < -0.3 is 9.47 Å². The van der Waals surface area contributed by atoms with E-state index in [0.29, 0.717) is 34.0 Å². The zero-order chi connectivity index (χ0) is 31.0. The lowest BCUT2D eigenvalue weighted by Gasteiger charge is -2.24. The van der Waals surface area contributed by atoms with Crippen LogP contribution in [0.4, 0.5) is 18.9 Å². The number of halogens is 4. The molecule has 13 heteroatoms. The molecule has 43 heavy (non-hydrogen) atoms. The summed E-state index contributed by atoms with van der Waals surface area (Å²) in [5.74, 6) is -0.0147. The molecular weight excluding hydrogens is 607 g/mol. The van der Waals surface area contributed by atoms with E-state index in [1.165, 1.54) is 37.6 Å². The van der Waals surface area contributed by atoms with Gasteiger partial charge in [0.25, 0.3) is 15.9 Å². The fraction of sp³-hybridized carbons (Fsp3) is 0.133. The largest absolute Gasteiger partial charge is 0.493 e. The van der Waals surface area contributed by atoms with Crippen molar-refractivity contribution in [3.8, 4) is 11.5 Å². The lowest BCUT2D eigenvalue weighted by Crippen LogP contribution is -2.39. The first-order chi connectivity index (χ1) is 20.5. The van der Waals surface area contributed by atoms with E-state index < -0.39 is 44.9 Å². The number of nitrogens with zero attached hydrogens (tertiary/aromatic N) is 2. The van der Waals surface area contributed by atoms with Crippen LogP contribution in [0.1, 0.15) is 16.7 Å². The van der Waals surface area contributed by atoms with Gasteiger partial charge in [0.1, 0.15) is 13.2 Å². The quantitative estimate of drug-likeness (QED) is 0.155. The average Bonchev–Trinajstić information content (AvgIpc) is 2.99. The molecule has 0 radical (unpaired) electrons. The van der Waals surface area contributed by atoms with Crippen molar-refractivity contribution < 1.29 is 35.9 Å². The number of anilines is 1. The van der Waals surface area contributed by atoms with E-state index in [4.69, 9.17) is 21.1 Å². The minimum Gasteiger partial charge on any atom is -0.493 e. The molecule has 0 aliphatic heterocycles. The molecule has 4 rings (SSSR count). The van der Waals surface area contributed by atoms with Crippen molar-refractivity contribution in [1.29, 1.82) is 0 Å². The summed E-state index contributed by atoms with van der Waals surface area (Å²) in [7, 11) is -2.99. The normalized spacial score (nSPS) is 11.7. The van der Waals surface area contributed by atoms with Crippen LogP contribution < -0.4 is 19.2 Å². The minimum atomic E-state index is -4.86. The van der Waals surface area contributed by atoms with Crippen LogP contribution in [0.3, 0.4) is 0 Å². The molecule has 224 valence electrons. The second kappa shape index (κ2) is 13.6. The summed E-state index contributed by atoms with van der Waals surface area (Å²) in [6, 6.07) is 24.1. The number of hydrogen-bond donors (Lipinski definition) is 1. The Bertz CT molecular complexity index is 1700. The molecule has 0 aliphatic carbocycles. The Balaban J connectivity index is 1.52. The molecule has 4 aromatic rings. The number of carbonyl (C=O) groups excluding carboxylic acids is 1. The number of hydrogen-bond acceptors (Lipinski definition) is 6. The van der Waals surface area contributed by atoms with E-state index in [2.05, 4.69) is 10.5 Å². The third-order valence-electron chi connectivity index (χ3n) is 5.99. The molecule has 0 bridgehead atoms. The van der Waals surface area contributed by atoms with Crippen molar-refractivity contribution in [2.45, 2.75) is 17.7 Å². The molecule has 0 unspecified atom stereocenters. The Kier molecular flexibility index (Phi) is 9.94. The molecule has 1 amide bonds. The first-order valence-electron chi connectivity index (χ1n) is 12.6. The number of carbonyl (C=O) groups is 1. The van der Waals surface area contributed by atoms with Gasteiger partial charge in [0.15, 0.2) is 11.5 Å². The highest BCUT2D eigenvalue weighted by atomic mass is 35.5. The molecule has 0 aliphatic rings. The fourth-order valence-corrected chi connectivity index (χ4v) is 5.54. The molecule has 0 heterocycles. The van der Waals surface area contributed by atoms with Gasteiger partial charge in [-0.15, -0.1) is 0 Å². The van der Waals surface area contributed by atoms with Gasteiger partial charge in [-0.3, -0.25) is 9.10 Å². The van der Waals surface area contributed by atoms with Crippen LogP contribution in [0.15, 0.2) is 107 Å². The zero-order valence-corrected chi connectivity index (χ0v) is 24.2. The van der Waals surface area contributed by atoms with Crippen molar-refractivity contribution in [2.24, 2.45) is 5.10 Å². The maximum Gasteiger partial charge on any atom is 0.417 e. The maximum atomic E-state index is 13.5. The number of sulfonamides is 1. The Labute approximate surface area is 251 Å². The lowest BCUT2D eigenvalue weighted by molar-refractivity contribution is -0.137. The molecule has 0 atom stereocenters. The van der Waals surface area contributed by atoms with Crippen molar-refractivity contribution in [3.63, 3.8) is 0 Å². The van der Waals surface area contributed by atoms with Crippen molar-refractivity contribution >= 4 is 39.4 Å².